The highest BCUT2D eigenvalue weighted by molar-refractivity contribution is 5.49. The first-order chi connectivity index (χ1) is 8.98. The van der Waals surface area contributed by atoms with Gasteiger partial charge in [-0.15, -0.1) is 0 Å². The number of nitrogens with one attached hydrogen (secondary N) is 2. The van der Waals surface area contributed by atoms with Crippen molar-refractivity contribution in [3.05, 3.63) is 12.4 Å². The summed E-state index contributed by atoms with van der Waals surface area (Å²) in [5.41, 5.74) is 0.246. The van der Waals surface area contributed by atoms with Crippen LogP contribution in [0.25, 0.3) is 0 Å². The van der Waals surface area contributed by atoms with E-state index in [1.54, 1.807) is 6.33 Å². The molecular weight excluding hydrogens is 238 g/mol. The molecule has 1 aromatic rings. The molecule has 1 unspecified atom stereocenters. The van der Waals surface area contributed by atoms with Crippen LogP contribution < -0.4 is 15.5 Å². The lowest BCUT2D eigenvalue weighted by Gasteiger charge is -2.21. The maximum atomic E-state index is 4.38. The van der Waals surface area contributed by atoms with Crippen LogP contribution in [0.2, 0.25) is 0 Å². The quantitative estimate of drug-likeness (QED) is 0.866. The molecule has 0 aromatic carbocycles. The molecule has 0 radical (unpaired) electrons. The minimum atomic E-state index is 0.246. The Morgan fingerprint density at radius 3 is 2.79 bits per heavy atom. The van der Waals surface area contributed by atoms with Crippen molar-refractivity contribution in [1.82, 2.24) is 15.3 Å². The lowest BCUT2D eigenvalue weighted by atomic mass is 9.97. The van der Waals surface area contributed by atoms with Crippen molar-refractivity contribution in [3.8, 4) is 0 Å². The molecule has 2 N–H and O–H groups in total. The van der Waals surface area contributed by atoms with Crippen molar-refractivity contribution in [1.29, 1.82) is 0 Å². The summed E-state index contributed by atoms with van der Waals surface area (Å²) in [5.74, 6) is 1.93. The number of anilines is 2. The molecule has 19 heavy (non-hydrogen) atoms. The third kappa shape index (κ3) is 4.06. The maximum Gasteiger partial charge on any atom is 0.134 e. The van der Waals surface area contributed by atoms with E-state index in [1.165, 1.54) is 6.42 Å². The van der Waals surface area contributed by atoms with E-state index < -0.39 is 0 Å². The second-order valence-electron chi connectivity index (χ2n) is 6.40. The third-order valence-electron chi connectivity index (χ3n) is 3.37. The van der Waals surface area contributed by atoms with Crippen LogP contribution in [0, 0.1) is 5.41 Å². The molecule has 0 saturated carbocycles. The summed E-state index contributed by atoms with van der Waals surface area (Å²) < 4.78 is 0. The van der Waals surface area contributed by atoms with Crippen LogP contribution in [0.3, 0.4) is 0 Å². The molecule has 0 spiro atoms. The van der Waals surface area contributed by atoms with Gasteiger partial charge >= 0.3 is 0 Å². The van der Waals surface area contributed by atoms with Crippen molar-refractivity contribution in [2.45, 2.75) is 33.2 Å². The van der Waals surface area contributed by atoms with Crippen LogP contribution in [0.1, 0.15) is 27.2 Å². The maximum absolute atomic E-state index is 4.38. The first kappa shape index (κ1) is 14.1. The summed E-state index contributed by atoms with van der Waals surface area (Å²) in [5, 5.41) is 6.70. The van der Waals surface area contributed by atoms with Crippen LogP contribution in [0.5, 0.6) is 0 Å². The highest BCUT2D eigenvalue weighted by Crippen LogP contribution is 2.20. The zero-order valence-electron chi connectivity index (χ0n) is 12.4. The molecule has 1 aliphatic heterocycles. The van der Waals surface area contributed by atoms with E-state index >= 15 is 0 Å². The van der Waals surface area contributed by atoms with Gasteiger partial charge in [-0.3, -0.25) is 0 Å². The van der Waals surface area contributed by atoms with Gasteiger partial charge in [-0.05, 0) is 18.9 Å². The van der Waals surface area contributed by atoms with Gasteiger partial charge in [-0.25, -0.2) is 9.97 Å². The summed E-state index contributed by atoms with van der Waals surface area (Å²) in [6.07, 6.45) is 2.82. The Bertz CT molecular complexity index is 413. The van der Waals surface area contributed by atoms with Crippen LogP contribution in [0.15, 0.2) is 12.4 Å². The summed E-state index contributed by atoms with van der Waals surface area (Å²) in [4.78, 5) is 11.0. The monoisotopic (exact) mass is 263 g/mol. The molecule has 1 fully saturated rings. The largest absolute Gasteiger partial charge is 0.369 e. The Balaban J connectivity index is 1.99. The minimum Gasteiger partial charge on any atom is -0.369 e. The lowest BCUT2D eigenvalue weighted by Crippen LogP contribution is -2.30. The number of rotatable bonds is 4. The number of hydrogen-bond acceptors (Lipinski definition) is 5. The highest BCUT2D eigenvalue weighted by Gasteiger charge is 2.22. The molecule has 106 valence electrons. The molecule has 1 aliphatic rings. The summed E-state index contributed by atoms with van der Waals surface area (Å²) in [6, 6.07) is 2.62. The molecule has 5 heteroatoms. The predicted octanol–water partition coefficient (Wildman–Crippen LogP) is 1.73. The first-order valence-electron chi connectivity index (χ1n) is 6.96. The SMILES string of the molecule is CNC1CCN(c2cc(NCC(C)(C)C)ncn2)C1. The fourth-order valence-electron chi connectivity index (χ4n) is 2.18. The van der Waals surface area contributed by atoms with Gasteiger partial charge in [0.25, 0.3) is 0 Å². The van der Waals surface area contributed by atoms with Gasteiger partial charge in [0.2, 0.25) is 0 Å². The summed E-state index contributed by atoms with van der Waals surface area (Å²) in [7, 11) is 2.02. The van der Waals surface area contributed by atoms with Crippen LogP contribution in [0.4, 0.5) is 11.6 Å². The average molecular weight is 263 g/mol. The highest BCUT2D eigenvalue weighted by atomic mass is 15.2. The van der Waals surface area contributed by atoms with Gasteiger partial charge in [0.1, 0.15) is 18.0 Å². The number of nitrogens with zero attached hydrogens (tertiary/aromatic N) is 3. The van der Waals surface area contributed by atoms with Gasteiger partial charge in [0, 0.05) is 31.7 Å². The Hall–Kier alpha value is -1.36. The Morgan fingerprint density at radius 1 is 1.37 bits per heavy atom. The van der Waals surface area contributed by atoms with Crippen molar-refractivity contribution < 1.29 is 0 Å². The average Bonchev–Trinajstić information content (AvgIpc) is 2.85. The molecule has 0 amide bonds. The molecule has 1 saturated heterocycles. The molecule has 0 bridgehead atoms. The number of likely N-dealkylation sites (N-methyl/N-ethyl adjacent to an activating group) is 1. The van der Waals surface area contributed by atoms with E-state index in [1.807, 2.05) is 13.1 Å². The van der Waals surface area contributed by atoms with Crippen LogP contribution >= 0.6 is 0 Å². The minimum absolute atomic E-state index is 0.246. The van der Waals surface area contributed by atoms with Crippen LogP contribution in [-0.2, 0) is 0 Å². The second kappa shape index (κ2) is 5.74. The number of aromatic nitrogens is 2. The fourth-order valence-corrected chi connectivity index (χ4v) is 2.18. The standard InChI is InChI=1S/C14H25N5/c1-14(2,3)9-16-12-7-13(18-10-17-12)19-6-5-11(8-19)15-4/h7,10-11,15H,5-6,8-9H2,1-4H3,(H,16,17,18). The molecule has 1 aromatic heterocycles. The smallest absolute Gasteiger partial charge is 0.134 e. The van der Waals surface area contributed by atoms with E-state index in [0.717, 1.165) is 31.3 Å². The van der Waals surface area contributed by atoms with Gasteiger partial charge in [-0.1, -0.05) is 20.8 Å². The lowest BCUT2D eigenvalue weighted by molar-refractivity contribution is 0.442. The second-order valence-corrected chi connectivity index (χ2v) is 6.40. The zero-order chi connectivity index (χ0) is 13.9. The molecule has 0 aliphatic carbocycles. The van der Waals surface area contributed by atoms with Gasteiger partial charge in [-0.2, -0.15) is 0 Å². The molecule has 1 atom stereocenters. The normalized spacial score (nSPS) is 19.8. The molecule has 5 nitrogen and oxygen atoms in total. The molecular formula is C14H25N5. The van der Waals surface area contributed by atoms with Gasteiger partial charge in [0.05, 0.1) is 0 Å². The van der Waals surface area contributed by atoms with Crippen molar-refractivity contribution in [2.75, 3.05) is 36.9 Å². The predicted molar refractivity (Wildman–Crippen MR) is 79.7 cm³/mol. The van der Waals surface area contributed by atoms with Crippen molar-refractivity contribution in [3.63, 3.8) is 0 Å². The number of hydrogen-bond donors (Lipinski definition) is 2. The van der Waals surface area contributed by atoms with Crippen molar-refractivity contribution in [2.24, 2.45) is 5.41 Å². The van der Waals surface area contributed by atoms with E-state index in [-0.39, 0.29) is 5.41 Å². The fraction of sp³-hybridized carbons (Fsp3) is 0.714. The van der Waals surface area contributed by atoms with Crippen LogP contribution in [-0.4, -0.2) is 42.7 Å². The molecule has 2 rings (SSSR count). The Labute approximate surface area is 115 Å². The third-order valence-corrected chi connectivity index (χ3v) is 3.37. The summed E-state index contributed by atoms with van der Waals surface area (Å²) >= 11 is 0. The van der Waals surface area contributed by atoms with E-state index in [2.05, 4.69) is 46.3 Å². The van der Waals surface area contributed by atoms with Gasteiger partial charge in [0.15, 0.2) is 0 Å². The summed E-state index contributed by atoms with van der Waals surface area (Å²) in [6.45, 7) is 9.61. The Morgan fingerprint density at radius 2 is 2.16 bits per heavy atom. The Kier molecular flexibility index (Phi) is 4.24. The van der Waals surface area contributed by atoms with Crippen molar-refractivity contribution >= 4 is 11.6 Å². The first-order valence-corrected chi connectivity index (χ1v) is 6.96. The topological polar surface area (TPSA) is 53.1 Å². The van der Waals surface area contributed by atoms with E-state index in [9.17, 15) is 0 Å². The van der Waals surface area contributed by atoms with Gasteiger partial charge < -0.3 is 15.5 Å². The zero-order valence-corrected chi connectivity index (χ0v) is 12.4. The molecule has 2 heterocycles. The van der Waals surface area contributed by atoms with E-state index in [4.69, 9.17) is 0 Å². The van der Waals surface area contributed by atoms with E-state index in [0.29, 0.717) is 6.04 Å².